The zero-order chi connectivity index (χ0) is 40.7. The quantitative estimate of drug-likeness (QED) is 0.0215. The number of quaternary nitrogens is 1. The molecule has 9 nitrogen and oxygen atoms in total. The number of rotatable bonds is 40. The number of carbonyl (C=O) groups excluding carboxylic acids is 2. The molecule has 322 valence electrons. The van der Waals surface area contributed by atoms with E-state index < -0.39 is 26.5 Å². The summed E-state index contributed by atoms with van der Waals surface area (Å²) in [5.41, 5.74) is 0. The molecule has 55 heavy (non-hydrogen) atoms. The summed E-state index contributed by atoms with van der Waals surface area (Å²) in [5, 5.41) is 0. The van der Waals surface area contributed by atoms with E-state index in [1.807, 2.05) is 21.1 Å². The van der Waals surface area contributed by atoms with E-state index in [1.54, 1.807) is 0 Å². The molecule has 0 aliphatic rings. The number of phosphoric ester groups is 1. The zero-order valence-corrected chi connectivity index (χ0v) is 37.1. The van der Waals surface area contributed by atoms with Crippen LogP contribution in [-0.4, -0.2) is 74.9 Å². The molecule has 0 heterocycles. The van der Waals surface area contributed by atoms with Gasteiger partial charge in [-0.3, -0.25) is 18.6 Å². The van der Waals surface area contributed by atoms with Crippen molar-refractivity contribution in [1.82, 2.24) is 0 Å². The molecule has 0 aromatic heterocycles. The molecule has 0 rings (SSSR count). The lowest BCUT2D eigenvalue weighted by Crippen LogP contribution is -2.37. The van der Waals surface area contributed by atoms with Crippen molar-refractivity contribution in [2.75, 3.05) is 47.5 Å². The second kappa shape index (κ2) is 37.8. The molecular weight excluding hydrogens is 713 g/mol. The number of esters is 2. The van der Waals surface area contributed by atoms with Crippen LogP contribution in [0.15, 0.2) is 36.5 Å². The fraction of sp³-hybridized carbons (Fsp3) is 0.822. The zero-order valence-electron chi connectivity index (χ0n) is 36.2. The van der Waals surface area contributed by atoms with E-state index >= 15 is 0 Å². The van der Waals surface area contributed by atoms with Crippen LogP contribution in [0.3, 0.4) is 0 Å². The molecule has 0 saturated heterocycles. The molecule has 0 aliphatic heterocycles. The molecule has 0 aromatic rings. The van der Waals surface area contributed by atoms with Crippen LogP contribution in [0.5, 0.6) is 0 Å². The molecule has 0 bridgehead atoms. The molecule has 0 aliphatic carbocycles. The number of likely N-dealkylation sites (N-methyl/N-ethyl adjacent to an activating group) is 1. The molecule has 2 unspecified atom stereocenters. The van der Waals surface area contributed by atoms with Gasteiger partial charge in [-0.15, -0.1) is 0 Å². The van der Waals surface area contributed by atoms with Crippen LogP contribution in [0.25, 0.3) is 0 Å². The first-order chi connectivity index (χ1) is 26.5. The van der Waals surface area contributed by atoms with E-state index in [1.165, 1.54) is 96.3 Å². The van der Waals surface area contributed by atoms with Crippen LogP contribution in [0.4, 0.5) is 0 Å². The highest BCUT2D eigenvalue weighted by molar-refractivity contribution is 7.47. The number of unbranched alkanes of at least 4 members (excludes halogenated alkanes) is 20. The fourth-order valence-electron chi connectivity index (χ4n) is 5.90. The highest BCUT2D eigenvalue weighted by Gasteiger charge is 2.27. The number of phosphoric acid groups is 1. The summed E-state index contributed by atoms with van der Waals surface area (Å²) in [6, 6.07) is 0. The van der Waals surface area contributed by atoms with Crippen LogP contribution in [-0.2, 0) is 32.7 Å². The van der Waals surface area contributed by atoms with E-state index in [-0.39, 0.29) is 32.0 Å². The summed E-state index contributed by atoms with van der Waals surface area (Å²) in [6.07, 6.45) is 42.3. The van der Waals surface area contributed by atoms with Crippen molar-refractivity contribution in [2.24, 2.45) is 0 Å². The van der Waals surface area contributed by atoms with E-state index in [9.17, 15) is 19.0 Å². The second-order valence-corrected chi connectivity index (χ2v) is 17.5. The molecule has 1 N–H and O–H groups in total. The maximum Gasteiger partial charge on any atom is 0.472 e. The third-order valence-electron chi connectivity index (χ3n) is 9.42. The Bertz CT molecular complexity index is 1040. The number of ether oxygens (including phenoxy) is 2. The minimum absolute atomic E-state index is 0.0311. The Morgan fingerprint density at radius 1 is 0.564 bits per heavy atom. The molecule has 0 aromatic carbocycles. The van der Waals surface area contributed by atoms with Gasteiger partial charge in [-0.25, -0.2) is 4.57 Å². The summed E-state index contributed by atoms with van der Waals surface area (Å²) < 4.78 is 34.1. The van der Waals surface area contributed by atoms with Crippen molar-refractivity contribution in [3.8, 4) is 0 Å². The van der Waals surface area contributed by atoms with Crippen LogP contribution >= 0.6 is 7.82 Å². The van der Waals surface area contributed by atoms with Gasteiger partial charge in [0.2, 0.25) is 0 Å². The van der Waals surface area contributed by atoms with Crippen LogP contribution in [0, 0.1) is 0 Å². The first-order valence-electron chi connectivity index (χ1n) is 22.2. The molecule has 2 atom stereocenters. The van der Waals surface area contributed by atoms with Gasteiger partial charge in [0.1, 0.15) is 19.8 Å². The van der Waals surface area contributed by atoms with Crippen molar-refractivity contribution >= 4 is 19.8 Å². The Morgan fingerprint density at radius 3 is 1.45 bits per heavy atom. The van der Waals surface area contributed by atoms with Crippen LogP contribution in [0.2, 0.25) is 0 Å². The highest BCUT2D eigenvalue weighted by Crippen LogP contribution is 2.43. The summed E-state index contributed by atoms with van der Waals surface area (Å²) >= 11 is 0. The number of carbonyl (C=O) groups is 2. The molecule has 0 amide bonds. The second-order valence-electron chi connectivity index (χ2n) is 16.1. The fourth-order valence-corrected chi connectivity index (χ4v) is 6.64. The molecule has 0 saturated carbocycles. The molecule has 0 fully saturated rings. The summed E-state index contributed by atoms with van der Waals surface area (Å²) in [4.78, 5) is 35.1. The lowest BCUT2D eigenvalue weighted by atomic mass is 10.0. The summed E-state index contributed by atoms with van der Waals surface area (Å²) in [7, 11) is 1.47. The normalized spacial score (nSPS) is 13.9. The van der Waals surface area contributed by atoms with E-state index in [2.05, 4.69) is 50.3 Å². The van der Waals surface area contributed by atoms with Crippen molar-refractivity contribution < 1.29 is 42.1 Å². The topological polar surface area (TPSA) is 108 Å². The van der Waals surface area contributed by atoms with Crippen LogP contribution < -0.4 is 0 Å². The van der Waals surface area contributed by atoms with Gasteiger partial charge in [0, 0.05) is 12.8 Å². The first-order valence-corrected chi connectivity index (χ1v) is 23.7. The number of hydrogen-bond acceptors (Lipinski definition) is 7. The van der Waals surface area contributed by atoms with Gasteiger partial charge in [0.05, 0.1) is 27.7 Å². The molecule has 0 radical (unpaired) electrons. The minimum Gasteiger partial charge on any atom is -0.462 e. The van der Waals surface area contributed by atoms with Crippen LogP contribution in [0.1, 0.15) is 187 Å². The Morgan fingerprint density at radius 2 is 0.982 bits per heavy atom. The van der Waals surface area contributed by atoms with Gasteiger partial charge in [-0.05, 0) is 51.4 Å². The van der Waals surface area contributed by atoms with Gasteiger partial charge < -0.3 is 18.9 Å². The lowest BCUT2D eigenvalue weighted by Gasteiger charge is -2.24. The first kappa shape index (κ1) is 53.2. The largest absolute Gasteiger partial charge is 0.472 e. The number of hydrogen-bond donors (Lipinski definition) is 1. The Labute approximate surface area is 338 Å². The monoisotopic (exact) mass is 799 g/mol. The van der Waals surface area contributed by atoms with Crippen molar-refractivity contribution in [3.63, 3.8) is 0 Å². The molecule has 10 heteroatoms. The Kier molecular flexibility index (Phi) is 36.6. The van der Waals surface area contributed by atoms with Crippen molar-refractivity contribution in [2.45, 2.75) is 193 Å². The van der Waals surface area contributed by atoms with E-state index in [4.69, 9.17) is 18.5 Å². The van der Waals surface area contributed by atoms with Gasteiger partial charge in [-0.1, -0.05) is 159 Å². The van der Waals surface area contributed by atoms with Gasteiger partial charge in [-0.2, -0.15) is 0 Å². The predicted molar refractivity (Wildman–Crippen MR) is 229 cm³/mol. The highest BCUT2D eigenvalue weighted by atomic mass is 31.2. The van der Waals surface area contributed by atoms with E-state index in [0.717, 1.165) is 57.8 Å². The summed E-state index contributed by atoms with van der Waals surface area (Å²) in [5.74, 6) is -0.811. The molecule has 0 spiro atoms. The predicted octanol–water partition coefficient (Wildman–Crippen LogP) is 12.5. The third kappa shape index (κ3) is 41.7. The maximum absolute atomic E-state index is 12.6. The molecular formula is C45H85NO8P+. The van der Waals surface area contributed by atoms with Gasteiger partial charge in [0.25, 0.3) is 0 Å². The maximum atomic E-state index is 12.6. The Balaban J connectivity index is 4.12. The smallest absolute Gasteiger partial charge is 0.462 e. The van der Waals surface area contributed by atoms with Crippen molar-refractivity contribution in [3.05, 3.63) is 36.5 Å². The van der Waals surface area contributed by atoms with Crippen molar-refractivity contribution in [1.29, 1.82) is 0 Å². The van der Waals surface area contributed by atoms with Gasteiger partial charge >= 0.3 is 19.8 Å². The summed E-state index contributed by atoms with van der Waals surface area (Å²) in [6.45, 7) is 4.34. The van der Waals surface area contributed by atoms with Gasteiger partial charge in [0.15, 0.2) is 6.10 Å². The Hall–Kier alpha value is -1.77. The average molecular weight is 799 g/mol. The minimum atomic E-state index is -4.36. The lowest BCUT2D eigenvalue weighted by molar-refractivity contribution is -0.870. The standard InChI is InChI=1S/C45H84NO8P/c1-6-8-10-12-14-15-16-17-18-19-20-21-22-23-24-25-26-27-28-29-30-31-32-34-36-38-45(48)54-43(41-51-44(47)37-35-33-13-11-9-7-2)42-53-55(49,50)52-40-39-46(3,4)5/h16-17,19-20,22-23,43H,6-15,18,21,24-42H2,1-5H3/p+1/b17-16-,20-19-,23-22-. The SMILES string of the molecule is CCCCCCC/C=C\C/C=C\C/C=C\CCCCCCCCCCCCC(=O)OC(COC(=O)CCCCCCCC)COP(=O)(O)OCC[N+](C)(C)C. The van der Waals surface area contributed by atoms with E-state index in [0.29, 0.717) is 17.4 Å². The average Bonchev–Trinajstić information content (AvgIpc) is 3.13. The third-order valence-corrected chi connectivity index (χ3v) is 10.4. The number of nitrogens with zero attached hydrogens (tertiary/aromatic N) is 1. The number of allylic oxidation sites excluding steroid dienone is 6.